The number of nitrogens with zero attached hydrogens (tertiary/aromatic N) is 1. The third kappa shape index (κ3) is 2.98. The molecule has 0 fully saturated rings. The number of hydrogen-bond donors (Lipinski definition) is 1. The van der Waals surface area contributed by atoms with Crippen molar-refractivity contribution < 1.29 is 9.53 Å². The quantitative estimate of drug-likeness (QED) is 0.677. The molecule has 1 aromatic carbocycles. The van der Waals surface area contributed by atoms with E-state index in [-0.39, 0.29) is 12.0 Å². The van der Waals surface area contributed by atoms with Crippen molar-refractivity contribution in [2.45, 2.75) is 19.4 Å². The highest BCUT2D eigenvalue weighted by Crippen LogP contribution is 2.29. The van der Waals surface area contributed by atoms with Crippen LogP contribution in [0.2, 0.25) is 0 Å². The van der Waals surface area contributed by atoms with Gasteiger partial charge in [0.1, 0.15) is 12.0 Å². The summed E-state index contributed by atoms with van der Waals surface area (Å²) in [6, 6.07) is 7.75. The lowest BCUT2D eigenvalue weighted by atomic mass is 9.86. The number of thiocarbonyl (C=S) groups is 1. The van der Waals surface area contributed by atoms with Crippen LogP contribution in [-0.2, 0) is 4.79 Å². The molecule has 0 aliphatic carbocycles. The lowest BCUT2D eigenvalue weighted by Gasteiger charge is -2.31. The molecule has 1 N–H and O–H groups in total. The van der Waals surface area contributed by atoms with Crippen molar-refractivity contribution in [3.05, 3.63) is 29.8 Å². The van der Waals surface area contributed by atoms with Gasteiger partial charge in [-0.1, -0.05) is 12.1 Å². The fraction of sp³-hybridized carbons (Fsp3) is 0.357. The van der Waals surface area contributed by atoms with Crippen LogP contribution >= 0.6 is 12.2 Å². The van der Waals surface area contributed by atoms with Gasteiger partial charge in [-0.3, -0.25) is 0 Å². The van der Waals surface area contributed by atoms with E-state index in [1.165, 1.54) is 0 Å². The van der Waals surface area contributed by atoms with Gasteiger partial charge in [0.15, 0.2) is 5.11 Å². The van der Waals surface area contributed by atoms with E-state index >= 15 is 0 Å². The first-order valence-corrected chi connectivity index (χ1v) is 6.49. The highest BCUT2D eigenvalue weighted by Gasteiger charge is 2.29. The number of benzene rings is 1. The van der Waals surface area contributed by atoms with Crippen molar-refractivity contribution in [3.63, 3.8) is 0 Å². The Morgan fingerprint density at radius 2 is 2.11 bits per heavy atom. The minimum atomic E-state index is -0.0129. The zero-order valence-corrected chi connectivity index (χ0v) is 11.7. The first-order valence-electron chi connectivity index (χ1n) is 6.09. The highest BCUT2D eigenvalue weighted by molar-refractivity contribution is 7.80. The van der Waals surface area contributed by atoms with E-state index in [2.05, 4.69) is 10.3 Å². The van der Waals surface area contributed by atoms with Crippen molar-refractivity contribution in [2.24, 2.45) is 10.9 Å². The number of methoxy groups -OCH3 is 1. The Balaban J connectivity index is 2.31. The summed E-state index contributed by atoms with van der Waals surface area (Å²) in [5.74, 6) is 0.844. The van der Waals surface area contributed by atoms with Crippen LogP contribution in [0.15, 0.2) is 29.3 Å². The molecule has 0 amide bonds. The molecule has 1 aromatic rings. The van der Waals surface area contributed by atoms with Crippen LogP contribution < -0.4 is 10.1 Å². The predicted octanol–water partition coefficient (Wildman–Crippen LogP) is 2.29. The average Bonchev–Trinajstić information content (AvgIpc) is 2.42. The number of ether oxygens (including phenoxy) is 1. The van der Waals surface area contributed by atoms with E-state index in [1.54, 1.807) is 7.11 Å². The summed E-state index contributed by atoms with van der Waals surface area (Å²) >= 11 is 5.13. The summed E-state index contributed by atoms with van der Waals surface area (Å²) in [6.45, 7) is 1.91. The summed E-state index contributed by atoms with van der Waals surface area (Å²) < 4.78 is 5.15. The predicted molar refractivity (Wildman–Crippen MR) is 78.7 cm³/mol. The monoisotopic (exact) mass is 276 g/mol. The zero-order chi connectivity index (χ0) is 13.8. The standard InChI is InChI=1S/C14H16N2O2S/c1-9-12(7-8-17)13(16-14(19)15-9)10-3-5-11(18-2)6-4-10/h3-6,8,12-13H,7H2,1-2H3,(H,16,19). The molecule has 1 aliphatic heterocycles. The Hall–Kier alpha value is -1.75. The zero-order valence-electron chi connectivity index (χ0n) is 10.9. The highest BCUT2D eigenvalue weighted by atomic mass is 32.1. The van der Waals surface area contributed by atoms with Gasteiger partial charge in [0.2, 0.25) is 0 Å². The number of hydrogen-bond acceptors (Lipinski definition) is 3. The van der Waals surface area contributed by atoms with Crippen molar-refractivity contribution in [3.8, 4) is 5.75 Å². The number of carbonyl (C=O) groups is 1. The van der Waals surface area contributed by atoms with Crippen molar-refractivity contribution in [1.29, 1.82) is 0 Å². The van der Waals surface area contributed by atoms with E-state index in [9.17, 15) is 4.79 Å². The van der Waals surface area contributed by atoms with Crippen LogP contribution in [0.4, 0.5) is 0 Å². The summed E-state index contributed by atoms with van der Waals surface area (Å²) in [5, 5.41) is 3.65. The molecule has 0 bridgehead atoms. The second-order valence-corrected chi connectivity index (χ2v) is 4.85. The number of carbonyl (C=O) groups excluding carboxylic acids is 1. The third-order valence-corrected chi connectivity index (χ3v) is 3.53. The van der Waals surface area contributed by atoms with Gasteiger partial charge < -0.3 is 14.8 Å². The molecule has 0 aromatic heterocycles. The fourth-order valence-electron chi connectivity index (χ4n) is 2.29. The first kappa shape index (κ1) is 13.7. The van der Waals surface area contributed by atoms with Crippen LogP contribution in [-0.4, -0.2) is 24.2 Å². The lowest BCUT2D eigenvalue weighted by Crippen LogP contribution is -2.40. The van der Waals surface area contributed by atoms with Gasteiger partial charge in [-0.05, 0) is 36.8 Å². The molecular weight excluding hydrogens is 260 g/mol. The maximum atomic E-state index is 10.8. The summed E-state index contributed by atoms with van der Waals surface area (Å²) in [5.41, 5.74) is 1.97. The van der Waals surface area contributed by atoms with Gasteiger partial charge in [0, 0.05) is 18.1 Å². The van der Waals surface area contributed by atoms with Crippen molar-refractivity contribution >= 4 is 29.3 Å². The first-order chi connectivity index (χ1) is 9.15. The van der Waals surface area contributed by atoms with E-state index in [0.29, 0.717) is 11.5 Å². The number of aldehydes is 1. The summed E-state index contributed by atoms with van der Waals surface area (Å²) in [4.78, 5) is 15.1. The molecule has 0 saturated carbocycles. The van der Waals surface area contributed by atoms with Gasteiger partial charge >= 0.3 is 0 Å². The fourth-order valence-corrected chi connectivity index (χ4v) is 2.56. The summed E-state index contributed by atoms with van der Waals surface area (Å²) in [7, 11) is 1.63. The van der Waals surface area contributed by atoms with E-state index in [0.717, 1.165) is 23.3 Å². The topological polar surface area (TPSA) is 50.7 Å². The molecule has 1 aliphatic rings. The molecule has 2 unspecified atom stereocenters. The van der Waals surface area contributed by atoms with Crippen LogP contribution in [0, 0.1) is 5.92 Å². The Bertz CT molecular complexity index is 511. The van der Waals surface area contributed by atoms with Crippen molar-refractivity contribution in [2.75, 3.05) is 7.11 Å². The number of aliphatic imine (C=N–C) groups is 1. The van der Waals surface area contributed by atoms with Crippen LogP contribution in [0.5, 0.6) is 5.75 Å². The molecule has 100 valence electrons. The van der Waals surface area contributed by atoms with Crippen LogP contribution in [0.3, 0.4) is 0 Å². The minimum absolute atomic E-state index is 0.0129. The largest absolute Gasteiger partial charge is 0.497 e. The van der Waals surface area contributed by atoms with Crippen LogP contribution in [0.1, 0.15) is 24.9 Å². The molecular formula is C14H16N2O2S. The molecule has 19 heavy (non-hydrogen) atoms. The Morgan fingerprint density at radius 1 is 1.42 bits per heavy atom. The molecule has 0 radical (unpaired) electrons. The molecule has 0 spiro atoms. The van der Waals surface area contributed by atoms with Gasteiger partial charge in [-0.25, -0.2) is 4.99 Å². The second-order valence-electron chi connectivity index (χ2n) is 4.46. The smallest absolute Gasteiger partial charge is 0.193 e. The molecule has 2 rings (SSSR count). The second kappa shape index (κ2) is 5.93. The Kier molecular flexibility index (Phi) is 4.27. The molecule has 5 heteroatoms. The summed E-state index contributed by atoms with van der Waals surface area (Å²) in [6.07, 6.45) is 1.36. The Morgan fingerprint density at radius 3 is 2.68 bits per heavy atom. The molecule has 0 saturated heterocycles. The maximum Gasteiger partial charge on any atom is 0.193 e. The molecule has 4 nitrogen and oxygen atoms in total. The minimum Gasteiger partial charge on any atom is -0.497 e. The molecule has 1 heterocycles. The van der Waals surface area contributed by atoms with Gasteiger partial charge in [-0.2, -0.15) is 0 Å². The van der Waals surface area contributed by atoms with Gasteiger partial charge in [0.05, 0.1) is 13.2 Å². The van der Waals surface area contributed by atoms with E-state index in [4.69, 9.17) is 17.0 Å². The van der Waals surface area contributed by atoms with Gasteiger partial charge in [0.25, 0.3) is 0 Å². The van der Waals surface area contributed by atoms with Gasteiger partial charge in [-0.15, -0.1) is 0 Å². The third-order valence-electron chi connectivity index (χ3n) is 3.32. The van der Waals surface area contributed by atoms with Crippen molar-refractivity contribution in [1.82, 2.24) is 5.32 Å². The van der Waals surface area contributed by atoms with E-state index < -0.39 is 0 Å². The lowest BCUT2D eigenvalue weighted by molar-refractivity contribution is -0.108. The SMILES string of the molecule is COc1ccc(C2NC(=S)N=C(C)C2CC=O)cc1. The average molecular weight is 276 g/mol. The molecule has 2 atom stereocenters. The number of rotatable bonds is 4. The maximum absolute atomic E-state index is 10.8. The van der Waals surface area contributed by atoms with Crippen LogP contribution in [0.25, 0.3) is 0 Å². The Labute approximate surface area is 117 Å². The normalized spacial score (nSPS) is 22.4. The number of nitrogens with one attached hydrogen (secondary N) is 1. The van der Waals surface area contributed by atoms with E-state index in [1.807, 2.05) is 31.2 Å².